The molecule has 4 rings (SSSR count). The van der Waals surface area contributed by atoms with Gasteiger partial charge < -0.3 is 25.7 Å². The first-order valence-corrected chi connectivity index (χ1v) is 10.4. The van der Waals surface area contributed by atoms with Gasteiger partial charge in [0.15, 0.2) is 0 Å². The maximum atomic E-state index is 11.4. The van der Waals surface area contributed by atoms with Crippen molar-refractivity contribution < 1.29 is 30.0 Å². The van der Waals surface area contributed by atoms with Crippen molar-refractivity contribution in [2.75, 3.05) is 5.32 Å². The van der Waals surface area contributed by atoms with E-state index in [-0.39, 0.29) is 29.0 Å². The summed E-state index contributed by atoms with van der Waals surface area (Å²) in [5.74, 6) is -2.19. The topological polar surface area (TPSA) is 127 Å². The molecule has 7 nitrogen and oxygen atoms in total. The number of aromatic carboxylic acids is 2. The summed E-state index contributed by atoms with van der Waals surface area (Å²) >= 11 is 0. The van der Waals surface area contributed by atoms with E-state index in [9.17, 15) is 30.0 Å². The molecule has 0 aliphatic rings. The molecule has 0 unspecified atom stereocenters. The van der Waals surface area contributed by atoms with E-state index in [2.05, 4.69) is 5.32 Å². The molecule has 34 heavy (non-hydrogen) atoms. The predicted molar refractivity (Wildman–Crippen MR) is 128 cm³/mol. The third-order valence-electron chi connectivity index (χ3n) is 5.47. The zero-order valence-corrected chi connectivity index (χ0v) is 17.9. The molecule has 0 aliphatic carbocycles. The number of phenolic OH excluding ortho intramolecular Hbond substituents is 2. The van der Waals surface area contributed by atoms with Gasteiger partial charge >= 0.3 is 11.9 Å². The van der Waals surface area contributed by atoms with Gasteiger partial charge in [0.1, 0.15) is 11.5 Å². The van der Waals surface area contributed by atoms with E-state index < -0.39 is 11.9 Å². The van der Waals surface area contributed by atoms with Gasteiger partial charge in [0.25, 0.3) is 0 Å². The van der Waals surface area contributed by atoms with Crippen LogP contribution >= 0.6 is 0 Å². The van der Waals surface area contributed by atoms with Crippen LogP contribution in [0.15, 0.2) is 84.9 Å². The molecular weight excluding hydrogens is 434 g/mol. The third kappa shape index (κ3) is 4.68. The molecule has 0 radical (unpaired) electrons. The van der Waals surface area contributed by atoms with Crippen molar-refractivity contribution in [3.63, 3.8) is 0 Å². The number of phenols is 2. The van der Waals surface area contributed by atoms with Crippen LogP contribution in [0, 0.1) is 0 Å². The molecule has 170 valence electrons. The molecule has 4 aromatic carbocycles. The molecule has 0 saturated carbocycles. The largest absolute Gasteiger partial charge is 0.508 e. The smallest absolute Gasteiger partial charge is 0.337 e. The van der Waals surface area contributed by atoms with Gasteiger partial charge in [-0.15, -0.1) is 0 Å². The Hall–Kier alpha value is -4.78. The number of para-hydroxylation sites is 1. The molecule has 0 fully saturated rings. The quantitative estimate of drug-likeness (QED) is 0.233. The zero-order valence-electron chi connectivity index (χ0n) is 17.9. The lowest BCUT2D eigenvalue weighted by molar-refractivity contribution is 0.0686. The Morgan fingerprint density at radius 3 is 1.85 bits per heavy atom. The fraction of sp³-hybridized carbons (Fsp3) is 0.0370. The second-order valence-electron chi connectivity index (χ2n) is 7.69. The lowest BCUT2D eigenvalue weighted by Gasteiger charge is -2.13. The van der Waals surface area contributed by atoms with E-state index in [1.807, 2.05) is 0 Å². The SMILES string of the molecule is O=C(O)c1ccccc1Cc1ccc(-c2ccc(Nc3ccccc3C(=O)O)c(O)c2)cc1O. The van der Waals surface area contributed by atoms with Crippen LogP contribution in [0.25, 0.3) is 11.1 Å². The van der Waals surface area contributed by atoms with Crippen molar-refractivity contribution in [3.05, 3.63) is 107 Å². The Bertz CT molecular complexity index is 1290. The van der Waals surface area contributed by atoms with E-state index in [4.69, 9.17) is 0 Å². The number of nitrogens with one attached hydrogen (secondary N) is 1. The molecule has 0 aliphatic heterocycles. The van der Waals surface area contributed by atoms with Gasteiger partial charge in [-0.3, -0.25) is 0 Å². The molecule has 0 aromatic heterocycles. The van der Waals surface area contributed by atoms with Gasteiger partial charge in [-0.1, -0.05) is 48.5 Å². The van der Waals surface area contributed by atoms with Crippen molar-refractivity contribution in [3.8, 4) is 22.6 Å². The summed E-state index contributed by atoms with van der Waals surface area (Å²) in [5, 5.41) is 42.7. The van der Waals surface area contributed by atoms with Crippen LogP contribution in [0.4, 0.5) is 11.4 Å². The highest BCUT2D eigenvalue weighted by Gasteiger charge is 2.14. The number of carboxylic acids is 2. The summed E-state index contributed by atoms with van der Waals surface area (Å²) in [6.45, 7) is 0. The molecule has 5 N–H and O–H groups in total. The Morgan fingerprint density at radius 2 is 1.21 bits per heavy atom. The highest BCUT2D eigenvalue weighted by Crippen LogP contribution is 2.35. The molecule has 0 heterocycles. The summed E-state index contributed by atoms with van der Waals surface area (Å²) in [6.07, 6.45) is 0.256. The fourth-order valence-corrected chi connectivity index (χ4v) is 3.72. The second-order valence-corrected chi connectivity index (χ2v) is 7.69. The number of hydrogen-bond donors (Lipinski definition) is 5. The Kier molecular flexibility index (Phi) is 6.18. The van der Waals surface area contributed by atoms with E-state index in [0.717, 1.165) is 0 Å². The summed E-state index contributed by atoms with van der Waals surface area (Å²) in [6, 6.07) is 23.0. The van der Waals surface area contributed by atoms with E-state index in [0.29, 0.717) is 33.6 Å². The maximum absolute atomic E-state index is 11.4. The summed E-state index contributed by atoms with van der Waals surface area (Å²) in [5.41, 5.74) is 3.41. The van der Waals surface area contributed by atoms with Crippen molar-refractivity contribution in [2.24, 2.45) is 0 Å². The lowest BCUT2D eigenvalue weighted by atomic mass is 9.96. The first-order valence-electron chi connectivity index (χ1n) is 10.4. The van der Waals surface area contributed by atoms with Crippen LogP contribution < -0.4 is 5.32 Å². The van der Waals surface area contributed by atoms with Crippen LogP contribution in [-0.4, -0.2) is 32.4 Å². The number of carboxylic acid groups (broad SMARTS) is 2. The molecule has 0 amide bonds. The molecule has 0 atom stereocenters. The molecule has 0 spiro atoms. The minimum atomic E-state index is -1.08. The first kappa shape index (κ1) is 22.4. The Balaban J connectivity index is 1.58. The van der Waals surface area contributed by atoms with Crippen molar-refractivity contribution in [2.45, 2.75) is 6.42 Å². The minimum Gasteiger partial charge on any atom is -0.508 e. The molecule has 0 saturated heterocycles. The molecule has 4 aromatic rings. The standard InChI is InChI=1S/C27H21NO6/c29-24-14-16(9-10-19(24)13-18-5-1-2-6-20(18)26(31)32)17-11-12-23(25(30)15-17)28-22-8-4-3-7-21(22)27(33)34/h1-12,14-15,28-30H,13H2,(H,31,32)(H,33,34). The number of carbonyl (C=O) groups is 2. The zero-order chi connectivity index (χ0) is 24.2. The molecule has 0 bridgehead atoms. The van der Waals surface area contributed by atoms with Gasteiger partial charge in [-0.05, 0) is 58.7 Å². The highest BCUT2D eigenvalue weighted by atomic mass is 16.4. The van der Waals surface area contributed by atoms with Crippen molar-refractivity contribution in [1.82, 2.24) is 0 Å². The average molecular weight is 455 g/mol. The van der Waals surface area contributed by atoms with Crippen molar-refractivity contribution >= 4 is 23.3 Å². The number of aromatic hydroxyl groups is 2. The first-order chi connectivity index (χ1) is 16.3. The maximum Gasteiger partial charge on any atom is 0.337 e. The summed E-state index contributed by atoms with van der Waals surface area (Å²) < 4.78 is 0. The Labute approximate surface area is 195 Å². The van der Waals surface area contributed by atoms with Gasteiger partial charge in [0, 0.05) is 6.42 Å². The second kappa shape index (κ2) is 9.38. The summed E-state index contributed by atoms with van der Waals surface area (Å²) in [4.78, 5) is 22.8. The number of benzene rings is 4. The Morgan fingerprint density at radius 1 is 0.618 bits per heavy atom. The fourth-order valence-electron chi connectivity index (χ4n) is 3.72. The van der Waals surface area contributed by atoms with Crippen molar-refractivity contribution in [1.29, 1.82) is 0 Å². The highest BCUT2D eigenvalue weighted by molar-refractivity contribution is 5.95. The minimum absolute atomic E-state index is 0.00905. The third-order valence-corrected chi connectivity index (χ3v) is 5.47. The van der Waals surface area contributed by atoms with Crippen LogP contribution in [0.5, 0.6) is 11.5 Å². The normalized spacial score (nSPS) is 10.6. The molecule has 7 heteroatoms. The average Bonchev–Trinajstić information content (AvgIpc) is 2.82. The van der Waals surface area contributed by atoms with E-state index in [1.54, 1.807) is 66.7 Å². The lowest BCUT2D eigenvalue weighted by Crippen LogP contribution is -2.03. The number of anilines is 2. The van der Waals surface area contributed by atoms with Crippen LogP contribution in [0.1, 0.15) is 31.8 Å². The van der Waals surface area contributed by atoms with Crippen LogP contribution in [0.2, 0.25) is 0 Å². The predicted octanol–water partition coefficient (Wildman–Crippen LogP) is 5.50. The number of rotatable bonds is 7. The monoisotopic (exact) mass is 455 g/mol. The van der Waals surface area contributed by atoms with Crippen LogP contribution in [-0.2, 0) is 6.42 Å². The van der Waals surface area contributed by atoms with Crippen LogP contribution in [0.3, 0.4) is 0 Å². The molecular formula is C27H21NO6. The van der Waals surface area contributed by atoms with Gasteiger partial charge in [0.2, 0.25) is 0 Å². The van der Waals surface area contributed by atoms with Gasteiger partial charge in [-0.2, -0.15) is 0 Å². The summed E-state index contributed by atoms with van der Waals surface area (Å²) in [7, 11) is 0. The van der Waals surface area contributed by atoms with E-state index in [1.165, 1.54) is 18.2 Å². The number of hydrogen-bond acceptors (Lipinski definition) is 5. The van der Waals surface area contributed by atoms with Gasteiger partial charge in [0.05, 0.1) is 22.5 Å². The van der Waals surface area contributed by atoms with E-state index >= 15 is 0 Å². The van der Waals surface area contributed by atoms with Gasteiger partial charge in [-0.25, -0.2) is 9.59 Å².